The van der Waals surface area contributed by atoms with Crippen LogP contribution in [0.25, 0.3) is 0 Å². The van der Waals surface area contributed by atoms with Gasteiger partial charge in [-0.25, -0.2) is 8.42 Å². The molecule has 0 saturated carbocycles. The van der Waals surface area contributed by atoms with Crippen LogP contribution in [-0.4, -0.2) is 53.2 Å². The zero-order valence-corrected chi connectivity index (χ0v) is 18.0. The highest BCUT2D eigenvalue weighted by Crippen LogP contribution is 2.33. The molecule has 1 N–H and O–H groups in total. The summed E-state index contributed by atoms with van der Waals surface area (Å²) in [6.45, 7) is 8.55. The van der Waals surface area contributed by atoms with Gasteiger partial charge in [0.25, 0.3) is 10.0 Å². The van der Waals surface area contributed by atoms with E-state index in [2.05, 4.69) is 21.4 Å². The van der Waals surface area contributed by atoms with Gasteiger partial charge in [0, 0.05) is 31.2 Å². The van der Waals surface area contributed by atoms with Crippen molar-refractivity contribution in [3.63, 3.8) is 0 Å². The lowest BCUT2D eigenvalue weighted by Gasteiger charge is -2.36. The second kappa shape index (κ2) is 8.59. The van der Waals surface area contributed by atoms with Crippen molar-refractivity contribution in [3.05, 3.63) is 47.0 Å². The first-order valence-corrected chi connectivity index (χ1v) is 11.1. The van der Waals surface area contributed by atoms with Crippen LogP contribution in [0.15, 0.2) is 41.3 Å². The first-order chi connectivity index (χ1) is 13.3. The fourth-order valence-electron chi connectivity index (χ4n) is 3.36. The molecule has 0 bridgehead atoms. The van der Waals surface area contributed by atoms with E-state index in [1.54, 1.807) is 24.3 Å². The Hall–Kier alpha value is -1.96. The van der Waals surface area contributed by atoms with Gasteiger partial charge >= 0.3 is 0 Å². The van der Waals surface area contributed by atoms with Crippen molar-refractivity contribution in [2.45, 2.75) is 18.7 Å². The standard InChI is InChI=1S/C20H26ClN3O3S/c1-4-23-9-11-24(12-10-23)18-7-6-16(21)14-17(18)22-28(25,26)20-13-15(2)5-8-19(20)27-3/h5-8,13-14,22H,4,9-12H2,1-3H3. The Bertz CT molecular complexity index is 942. The van der Waals surface area contributed by atoms with Gasteiger partial charge in [0.1, 0.15) is 10.6 Å². The van der Waals surface area contributed by atoms with E-state index in [1.165, 1.54) is 7.11 Å². The van der Waals surface area contributed by atoms with Crippen LogP contribution >= 0.6 is 11.6 Å². The number of sulfonamides is 1. The number of piperazine rings is 1. The highest BCUT2D eigenvalue weighted by atomic mass is 35.5. The number of ether oxygens (including phenoxy) is 1. The number of methoxy groups -OCH3 is 1. The molecule has 0 unspecified atom stereocenters. The monoisotopic (exact) mass is 423 g/mol. The van der Waals surface area contributed by atoms with Gasteiger partial charge in [0.2, 0.25) is 0 Å². The third-order valence-corrected chi connectivity index (χ3v) is 6.59. The molecule has 6 nitrogen and oxygen atoms in total. The van der Waals surface area contributed by atoms with Crippen molar-refractivity contribution in [1.29, 1.82) is 0 Å². The average Bonchev–Trinajstić information content (AvgIpc) is 2.68. The zero-order valence-electron chi connectivity index (χ0n) is 16.4. The van der Waals surface area contributed by atoms with Gasteiger partial charge in [-0.3, -0.25) is 4.72 Å². The molecule has 1 heterocycles. The number of aryl methyl sites for hydroxylation is 1. The van der Waals surface area contributed by atoms with Crippen LogP contribution in [0.1, 0.15) is 12.5 Å². The van der Waals surface area contributed by atoms with Crippen LogP contribution in [0.4, 0.5) is 11.4 Å². The maximum absolute atomic E-state index is 13.1. The lowest BCUT2D eigenvalue weighted by atomic mass is 10.2. The van der Waals surface area contributed by atoms with Gasteiger partial charge in [0.05, 0.1) is 18.5 Å². The summed E-state index contributed by atoms with van der Waals surface area (Å²) >= 11 is 6.17. The normalized spacial score (nSPS) is 15.5. The van der Waals surface area contributed by atoms with Crippen LogP contribution in [0.2, 0.25) is 5.02 Å². The molecule has 0 radical (unpaired) electrons. The van der Waals surface area contributed by atoms with Crippen LogP contribution < -0.4 is 14.4 Å². The summed E-state index contributed by atoms with van der Waals surface area (Å²) in [7, 11) is -2.38. The van der Waals surface area contributed by atoms with Gasteiger partial charge in [-0.05, 0) is 49.4 Å². The Kier molecular flexibility index (Phi) is 6.37. The second-order valence-electron chi connectivity index (χ2n) is 6.84. The summed E-state index contributed by atoms with van der Waals surface area (Å²) in [5.74, 6) is 0.304. The summed E-state index contributed by atoms with van der Waals surface area (Å²) in [6.07, 6.45) is 0. The highest BCUT2D eigenvalue weighted by Gasteiger charge is 2.24. The Balaban J connectivity index is 1.94. The van der Waals surface area contributed by atoms with E-state index in [0.717, 1.165) is 44.0 Å². The van der Waals surface area contributed by atoms with Crippen LogP contribution in [0.5, 0.6) is 5.75 Å². The van der Waals surface area contributed by atoms with Crippen molar-refractivity contribution in [1.82, 2.24) is 4.90 Å². The zero-order chi connectivity index (χ0) is 20.3. The predicted octanol–water partition coefficient (Wildman–Crippen LogP) is 3.60. The van der Waals surface area contributed by atoms with Gasteiger partial charge in [-0.2, -0.15) is 0 Å². The van der Waals surface area contributed by atoms with E-state index >= 15 is 0 Å². The Morgan fingerprint density at radius 2 is 1.82 bits per heavy atom. The van der Waals surface area contributed by atoms with Crippen molar-refractivity contribution in [2.75, 3.05) is 49.5 Å². The largest absolute Gasteiger partial charge is 0.495 e. The molecule has 1 saturated heterocycles. The molecule has 0 aromatic heterocycles. The number of halogens is 1. The lowest BCUT2D eigenvalue weighted by molar-refractivity contribution is 0.271. The molecule has 152 valence electrons. The molecular weight excluding hydrogens is 398 g/mol. The number of benzene rings is 2. The summed E-state index contributed by atoms with van der Waals surface area (Å²) in [6, 6.07) is 10.4. The topological polar surface area (TPSA) is 61.9 Å². The number of nitrogens with one attached hydrogen (secondary N) is 1. The van der Waals surface area contributed by atoms with Crippen LogP contribution in [-0.2, 0) is 10.0 Å². The van der Waals surface area contributed by atoms with Crippen molar-refractivity contribution >= 4 is 33.0 Å². The molecule has 0 amide bonds. The van der Waals surface area contributed by atoms with Crippen molar-refractivity contribution in [2.24, 2.45) is 0 Å². The van der Waals surface area contributed by atoms with Gasteiger partial charge < -0.3 is 14.5 Å². The van der Waals surface area contributed by atoms with E-state index in [9.17, 15) is 8.42 Å². The summed E-state index contributed by atoms with van der Waals surface area (Å²) in [4.78, 5) is 4.67. The van der Waals surface area contributed by atoms with E-state index in [4.69, 9.17) is 16.3 Å². The fourth-order valence-corrected chi connectivity index (χ4v) is 4.86. The van der Waals surface area contributed by atoms with E-state index in [-0.39, 0.29) is 4.90 Å². The molecule has 1 aliphatic heterocycles. The first-order valence-electron chi connectivity index (χ1n) is 9.28. The number of anilines is 2. The molecular formula is C20H26ClN3O3S. The van der Waals surface area contributed by atoms with E-state index in [1.807, 2.05) is 19.1 Å². The molecule has 2 aromatic rings. The number of likely N-dealkylation sites (N-methyl/N-ethyl adjacent to an activating group) is 1. The number of hydrogen-bond acceptors (Lipinski definition) is 5. The van der Waals surface area contributed by atoms with Crippen LogP contribution in [0.3, 0.4) is 0 Å². The van der Waals surface area contributed by atoms with Gasteiger partial charge in [-0.1, -0.05) is 24.6 Å². The Labute approximate surface area is 172 Å². The minimum absolute atomic E-state index is 0.108. The molecule has 0 atom stereocenters. The molecule has 1 aliphatic rings. The minimum atomic E-state index is -3.84. The fraction of sp³-hybridized carbons (Fsp3) is 0.400. The maximum Gasteiger partial charge on any atom is 0.265 e. The third kappa shape index (κ3) is 4.54. The quantitative estimate of drug-likeness (QED) is 0.769. The number of rotatable bonds is 6. The molecule has 8 heteroatoms. The molecule has 1 fully saturated rings. The molecule has 0 spiro atoms. The molecule has 0 aliphatic carbocycles. The summed E-state index contributed by atoms with van der Waals surface area (Å²) in [5, 5.41) is 0.477. The average molecular weight is 424 g/mol. The number of hydrogen-bond donors (Lipinski definition) is 1. The molecule has 3 rings (SSSR count). The summed E-state index contributed by atoms with van der Waals surface area (Å²) in [5.41, 5.74) is 2.14. The van der Waals surface area contributed by atoms with Crippen molar-refractivity contribution < 1.29 is 13.2 Å². The van der Waals surface area contributed by atoms with E-state index in [0.29, 0.717) is 16.5 Å². The third-order valence-electron chi connectivity index (χ3n) is 4.97. The van der Waals surface area contributed by atoms with Gasteiger partial charge in [0.15, 0.2) is 0 Å². The molecule has 2 aromatic carbocycles. The highest BCUT2D eigenvalue weighted by molar-refractivity contribution is 7.92. The number of nitrogens with zero attached hydrogens (tertiary/aromatic N) is 2. The second-order valence-corrected chi connectivity index (χ2v) is 8.93. The SMILES string of the molecule is CCN1CCN(c2ccc(Cl)cc2NS(=O)(=O)c2cc(C)ccc2OC)CC1. The lowest BCUT2D eigenvalue weighted by Crippen LogP contribution is -2.46. The minimum Gasteiger partial charge on any atom is -0.495 e. The van der Waals surface area contributed by atoms with Crippen molar-refractivity contribution in [3.8, 4) is 5.75 Å². The maximum atomic E-state index is 13.1. The van der Waals surface area contributed by atoms with Gasteiger partial charge in [-0.15, -0.1) is 0 Å². The Morgan fingerprint density at radius 3 is 2.46 bits per heavy atom. The Morgan fingerprint density at radius 1 is 1.11 bits per heavy atom. The predicted molar refractivity (Wildman–Crippen MR) is 114 cm³/mol. The van der Waals surface area contributed by atoms with E-state index < -0.39 is 10.0 Å². The molecule has 28 heavy (non-hydrogen) atoms. The summed E-state index contributed by atoms with van der Waals surface area (Å²) < 4.78 is 34.2. The van der Waals surface area contributed by atoms with Crippen LogP contribution in [0, 0.1) is 6.92 Å². The smallest absolute Gasteiger partial charge is 0.265 e. The first kappa shape index (κ1) is 20.8.